The summed E-state index contributed by atoms with van der Waals surface area (Å²) >= 11 is 0. The minimum atomic E-state index is -2.50. The highest BCUT2D eigenvalue weighted by molar-refractivity contribution is 7.62. The molecule has 2 atom stereocenters. The molecular weight excluding hydrogens is 301 g/mol. The third-order valence-corrected chi connectivity index (χ3v) is 9.31. The van der Waals surface area contributed by atoms with Crippen LogP contribution in [0.15, 0.2) is 48.5 Å². The number of nitrogens with zero attached hydrogens (tertiary/aromatic N) is 1. The Balaban J connectivity index is 2.02. The maximum absolute atomic E-state index is 14.1. The molecule has 122 valence electrons. The normalized spacial score (nSPS) is 23.3. The molecule has 1 heterocycles. The number of rotatable bonds is 3. The zero-order valence-corrected chi connectivity index (χ0v) is 15.4. The van der Waals surface area contributed by atoms with E-state index in [9.17, 15) is 4.57 Å². The Bertz CT molecular complexity index is 661. The fraction of sp³-hybridized carbons (Fsp3) is 0.400. The largest absolute Gasteiger partial charge is 0.305 e. The van der Waals surface area contributed by atoms with Gasteiger partial charge < -0.3 is 4.57 Å². The summed E-state index contributed by atoms with van der Waals surface area (Å²) in [6.07, 6.45) is 1.99. The minimum absolute atomic E-state index is 0.143. The Morgan fingerprint density at radius 1 is 0.783 bits per heavy atom. The van der Waals surface area contributed by atoms with E-state index in [2.05, 4.69) is 62.4 Å². The molecule has 23 heavy (non-hydrogen) atoms. The van der Waals surface area contributed by atoms with Crippen molar-refractivity contribution in [1.29, 1.82) is 0 Å². The van der Waals surface area contributed by atoms with Gasteiger partial charge >= 0.3 is 0 Å². The van der Waals surface area contributed by atoms with Crippen LogP contribution in [0.25, 0.3) is 0 Å². The molecule has 2 nitrogen and oxygen atoms in total. The summed E-state index contributed by atoms with van der Waals surface area (Å²) in [6.45, 7) is 4.19. The van der Waals surface area contributed by atoms with Crippen LogP contribution in [0.4, 0.5) is 0 Å². The molecule has 0 N–H and O–H groups in total. The van der Waals surface area contributed by atoms with Crippen LogP contribution in [0.5, 0.6) is 0 Å². The predicted octanol–water partition coefficient (Wildman–Crippen LogP) is 5.72. The summed E-state index contributed by atoms with van der Waals surface area (Å²) in [5.41, 5.74) is 5.24. The second-order valence-electron chi connectivity index (χ2n) is 6.95. The fourth-order valence-corrected chi connectivity index (χ4v) is 7.58. The third-order valence-electron chi connectivity index (χ3n) is 5.16. The van der Waals surface area contributed by atoms with Crippen molar-refractivity contribution in [2.75, 3.05) is 14.1 Å². The van der Waals surface area contributed by atoms with Crippen molar-refractivity contribution in [2.45, 2.75) is 38.0 Å². The molecule has 2 aromatic rings. The number of benzene rings is 2. The predicted molar refractivity (Wildman–Crippen MR) is 98.4 cm³/mol. The fourth-order valence-electron chi connectivity index (χ4n) is 3.80. The van der Waals surface area contributed by atoms with E-state index >= 15 is 0 Å². The van der Waals surface area contributed by atoms with E-state index in [0.717, 1.165) is 12.8 Å². The molecule has 0 unspecified atom stereocenters. The second-order valence-corrected chi connectivity index (χ2v) is 10.3. The van der Waals surface area contributed by atoms with Gasteiger partial charge in [0, 0.05) is 0 Å². The van der Waals surface area contributed by atoms with Crippen LogP contribution in [0.1, 0.15) is 46.4 Å². The Kier molecular flexibility index (Phi) is 4.49. The first-order chi connectivity index (χ1) is 10.9. The van der Waals surface area contributed by atoms with Gasteiger partial charge in [-0.05, 0) is 51.9 Å². The van der Waals surface area contributed by atoms with Gasteiger partial charge in [-0.1, -0.05) is 59.7 Å². The standard InChI is InChI=1S/C20H26NOP/c1-15-5-9-17(10-6-15)19-13-14-20(23(19,22)21(3)4)18-11-7-16(2)8-12-18/h5-12,19-20H,13-14H2,1-4H3/t19-,20-/m1/s1. The number of aryl methyl sites for hydroxylation is 2. The van der Waals surface area contributed by atoms with E-state index in [1.165, 1.54) is 22.3 Å². The lowest BCUT2D eigenvalue weighted by Crippen LogP contribution is -2.15. The molecule has 0 aromatic heterocycles. The van der Waals surface area contributed by atoms with E-state index in [4.69, 9.17) is 0 Å². The molecule has 1 fully saturated rings. The van der Waals surface area contributed by atoms with Crippen LogP contribution in [0.2, 0.25) is 0 Å². The van der Waals surface area contributed by atoms with E-state index < -0.39 is 7.29 Å². The van der Waals surface area contributed by atoms with Gasteiger partial charge in [-0.25, -0.2) is 0 Å². The SMILES string of the molecule is Cc1ccc([C@H]2CC[C@H](c3ccc(C)cc3)P2(=O)N(C)C)cc1. The van der Waals surface area contributed by atoms with Crippen molar-refractivity contribution in [1.82, 2.24) is 4.67 Å². The van der Waals surface area contributed by atoms with Gasteiger partial charge in [0.15, 0.2) is 7.29 Å². The molecule has 0 saturated carbocycles. The lowest BCUT2D eigenvalue weighted by Gasteiger charge is -2.32. The average molecular weight is 327 g/mol. The number of hydrogen-bond donors (Lipinski definition) is 0. The summed E-state index contributed by atoms with van der Waals surface area (Å²) in [5, 5.41) is 0. The maximum Gasteiger partial charge on any atom is 0.164 e. The Morgan fingerprint density at radius 3 is 1.43 bits per heavy atom. The van der Waals surface area contributed by atoms with Crippen molar-refractivity contribution in [2.24, 2.45) is 0 Å². The molecule has 2 aromatic carbocycles. The molecule has 3 heteroatoms. The molecular formula is C20H26NOP. The third kappa shape index (κ3) is 2.91. The summed E-state index contributed by atoms with van der Waals surface area (Å²) in [5.74, 6) is 0. The van der Waals surface area contributed by atoms with Crippen LogP contribution in [0, 0.1) is 13.8 Å². The first-order valence-electron chi connectivity index (χ1n) is 8.33. The van der Waals surface area contributed by atoms with E-state index in [1.807, 2.05) is 18.8 Å². The van der Waals surface area contributed by atoms with Crippen molar-refractivity contribution >= 4 is 7.29 Å². The molecule has 1 saturated heterocycles. The lowest BCUT2D eigenvalue weighted by atomic mass is 10.0. The van der Waals surface area contributed by atoms with Gasteiger partial charge in [0.2, 0.25) is 0 Å². The summed E-state index contributed by atoms with van der Waals surface area (Å²) in [7, 11) is 1.46. The van der Waals surface area contributed by atoms with Gasteiger partial charge in [-0.15, -0.1) is 0 Å². The second kappa shape index (κ2) is 6.26. The van der Waals surface area contributed by atoms with Gasteiger partial charge in [-0.2, -0.15) is 0 Å². The summed E-state index contributed by atoms with van der Waals surface area (Å²) in [6, 6.07) is 17.2. The highest BCUT2D eigenvalue weighted by atomic mass is 31.2. The Labute approximate surface area is 140 Å². The minimum Gasteiger partial charge on any atom is -0.305 e. The average Bonchev–Trinajstić information content (AvgIpc) is 2.88. The van der Waals surface area contributed by atoms with Crippen molar-refractivity contribution in [3.05, 3.63) is 70.8 Å². The first-order valence-corrected chi connectivity index (χ1v) is 10.1. The molecule has 0 spiro atoms. The zero-order valence-electron chi connectivity index (χ0n) is 14.5. The molecule has 1 aliphatic heterocycles. The molecule has 3 rings (SSSR count). The van der Waals surface area contributed by atoms with Crippen molar-refractivity contribution in [3.8, 4) is 0 Å². The van der Waals surface area contributed by atoms with Gasteiger partial charge in [-0.3, -0.25) is 4.67 Å². The van der Waals surface area contributed by atoms with Gasteiger partial charge in [0.25, 0.3) is 0 Å². The van der Waals surface area contributed by atoms with Crippen LogP contribution in [-0.2, 0) is 4.57 Å². The molecule has 0 radical (unpaired) electrons. The van der Waals surface area contributed by atoms with Gasteiger partial charge in [0.05, 0.1) is 11.3 Å². The van der Waals surface area contributed by atoms with Crippen molar-refractivity contribution in [3.63, 3.8) is 0 Å². The maximum atomic E-state index is 14.1. The Hall–Kier alpha value is -1.37. The monoisotopic (exact) mass is 327 g/mol. The smallest absolute Gasteiger partial charge is 0.164 e. The van der Waals surface area contributed by atoms with Crippen LogP contribution in [0.3, 0.4) is 0 Å². The first kappa shape index (κ1) is 16.5. The summed E-state index contributed by atoms with van der Waals surface area (Å²) in [4.78, 5) is 0. The zero-order chi connectivity index (χ0) is 16.6. The lowest BCUT2D eigenvalue weighted by molar-refractivity contribution is 0.502. The van der Waals surface area contributed by atoms with E-state index in [-0.39, 0.29) is 11.3 Å². The van der Waals surface area contributed by atoms with E-state index in [1.54, 1.807) is 0 Å². The highest BCUT2D eigenvalue weighted by Crippen LogP contribution is 2.77. The van der Waals surface area contributed by atoms with Crippen LogP contribution >= 0.6 is 7.29 Å². The number of hydrogen-bond acceptors (Lipinski definition) is 1. The quantitative estimate of drug-likeness (QED) is 0.672. The van der Waals surface area contributed by atoms with E-state index in [0.29, 0.717) is 0 Å². The topological polar surface area (TPSA) is 20.3 Å². The Morgan fingerprint density at radius 2 is 1.13 bits per heavy atom. The molecule has 0 bridgehead atoms. The molecule has 1 aliphatic rings. The molecule has 0 aliphatic carbocycles. The molecule has 0 amide bonds. The van der Waals surface area contributed by atoms with Gasteiger partial charge in [0.1, 0.15) is 0 Å². The highest BCUT2D eigenvalue weighted by Gasteiger charge is 2.49. The van der Waals surface area contributed by atoms with Crippen molar-refractivity contribution < 1.29 is 4.57 Å². The summed E-state index contributed by atoms with van der Waals surface area (Å²) < 4.78 is 16.1. The van der Waals surface area contributed by atoms with Crippen LogP contribution in [-0.4, -0.2) is 18.8 Å². The van der Waals surface area contributed by atoms with Crippen LogP contribution < -0.4 is 0 Å².